The van der Waals surface area contributed by atoms with Crippen LogP contribution in [0, 0.1) is 27.4 Å². The number of H-pyrrole nitrogens is 1. The SMILES string of the molecule is CSc1nc2c(c(=O)[nH]1)C(c1ccc([N+](=O)[O-])cc1)C(C#N)C(=O)N2. The fourth-order valence-electron chi connectivity index (χ4n) is 2.75. The lowest BCUT2D eigenvalue weighted by Crippen LogP contribution is -2.38. The number of carbonyl (C=O) groups is 1. The highest BCUT2D eigenvalue weighted by atomic mass is 32.2. The molecule has 3 rings (SSSR count). The maximum atomic E-state index is 12.5. The van der Waals surface area contributed by atoms with Crippen LogP contribution < -0.4 is 10.9 Å². The Morgan fingerprint density at radius 3 is 2.56 bits per heavy atom. The first-order valence-electron chi connectivity index (χ1n) is 7.09. The number of aromatic nitrogens is 2. The van der Waals surface area contributed by atoms with Gasteiger partial charge in [0.05, 0.1) is 16.6 Å². The molecule has 0 spiro atoms. The molecule has 2 heterocycles. The molecule has 10 heteroatoms. The molecule has 1 aliphatic heterocycles. The highest BCUT2D eigenvalue weighted by Gasteiger charge is 2.40. The molecule has 2 atom stereocenters. The Balaban J connectivity index is 2.20. The average molecular weight is 357 g/mol. The van der Waals surface area contributed by atoms with Gasteiger partial charge in [0.25, 0.3) is 11.2 Å². The molecule has 0 fully saturated rings. The van der Waals surface area contributed by atoms with E-state index < -0.39 is 28.2 Å². The Labute approximate surface area is 145 Å². The molecule has 0 bridgehead atoms. The first-order valence-corrected chi connectivity index (χ1v) is 8.31. The summed E-state index contributed by atoms with van der Waals surface area (Å²) < 4.78 is 0. The number of fused-ring (bicyclic) bond motifs is 1. The van der Waals surface area contributed by atoms with Crippen molar-refractivity contribution < 1.29 is 9.72 Å². The van der Waals surface area contributed by atoms with Gasteiger partial charge in [-0.3, -0.25) is 19.7 Å². The van der Waals surface area contributed by atoms with Crippen LogP contribution in [0.1, 0.15) is 17.0 Å². The third kappa shape index (κ3) is 2.85. The van der Waals surface area contributed by atoms with Crippen LogP contribution in [-0.4, -0.2) is 27.1 Å². The summed E-state index contributed by atoms with van der Waals surface area (Å²) in [4.78, 5) is 41.8. The zero-order chi connectivity index (χ0) is 18.1. The largest absolute Gasteiger partial charge is 0.309 e. The minimum atomic E-state index is -1.14. The Morgan fingerprint density at radius 2 is 2.00 bits per heavy atom. The molecule has 1 amide bonds. The molecule has 1 aliphatic rings. The molecular weight excluding hydrogens is 346 g/mol. The van der Waals surface area contributed by atoms with E-state index >= 15 is 0 Å². The van der Waals surface area contributed by atoms with Gasteiger partial charge in [0.1, 0.15) is 11.7 Å². The number of nitriles is 1. The molecule has 9 nitrogen and oxygen atoms in total. The van der Waals surface area contributed by atoms with Crippen LogP contribution in [0.2, 0.25) is 0 Å². The highest BCUT2D eigenvalue weighted by Crippen LogP contribution is 2.38. The number of amides is 1. The van der Waals surface area contributed by atoms with Crippen molar-refractivity contribution in [2.24, 2.45) is 5.92 Å². The van der Waals surface area contributed by atoms with Crippen molar-refractivity contribution >= 4 is 29.2 Å². The van der Waals surface area contributed by atoms with Crippen molar-refractivity contribution in [1.82, 2.24) is 9.97 Å². The van der Waals surface area contributed by atoms with Gasteiger partial charge < -0.3 is 10.3 Å². The van der Waals surface area contributed by atoms with Gasteiger partial charge in [-0.2, -0.15) is 5.26 Å². The summed E-state index contributed by atoms with van der Waals surface area (Å²) >= 11 is 1.21. The second-order valence-electron chi connectivity index (χ2n) is 5.26. The second-order valence-corrected chi connectivity index (χ2v) is 6.05. The van der Waals surface area contributed by atoms with E-state index in [4.69, 9.17) is 0 Å². The summed E-state index contributed by atoms with van der Waals surface area (Å²) in [6, 6.07) is 7.33. The van der Waals surface area contributed by atoms with Gasteiger partial charge in [-0.15, -0.1) is 0 Å². The molecule has 126 valence electrons. The normalized spacial score (nSPS) is 18.8. The van der Waals surface area contributed by atoms with Gasteiger partial charge in [0.2, 0.25) is 5.91 Å². The lowest BCUT2D eigenvalue weighted by molar-refractivity contribution is -0.384. The molecule has 0 saturated heterocycles. The molecule has 0 aliphatic carbocycles. The van der Waals surface area contributed by atoms with E-state index in [-0.39, 0.29) is 17.1 Å². The van der Waals surface area contributed by atoms with Crippen LogP contribution >= 0.6 is 11.8 Å². The monoisotopic (exact) mass is 357 g/mol. The zero-order valence-corrected chi connectivity index (χ0v) is 13.7. The third-order valence-corrected chi connectivity index (χ3v) is 4.48. The van der Waals surface area contributed by atoms with Crippen LogP contribution in [0.4, 0.5) is 11.5 Å². The Bertz CT molecular complexity index is 963. The molecule has 1 aromatic carbocycles. The number of nitrogens with one attached hydrogen (secondary N) is 2. The van der Waals surface area contributed by atoms with Crippen molar-refractivity contribution in [3.63, 3.8) is 0 Å². The molecule has 2 unspecified atom stereocenters. The van der Waals surface area contributed by atoms with Gasteiger partial charge in [0, 0.05) is 18.1 Å². The van der Waals surface area contributed by atoms with E-state index in [0.717, 1.165) is 0 Å². The Morgan fingerprint density at radius 1 is 1.32 bits per heavy atom. The lowest BCUT2D eigenvalue weighted by Gasteiger charge is -2.28. The van der Waals surface area contributed by atoms with Crippen LogP contribution in [-0.2, 0) is 4.79 Å². The van der Waals surface area contributed by atoms with Crippen LogP contribution in [0.25, 0.3) is 0 Å². The minimum absolute atomic E-state index is 0.105. The topological polar surface area (TPSA) is 142 Å². The van der Waals surface area contributed by atoms with Crippen molar-refractivity contribution in [3.05, 3.63) is 55.9 Å². The number of carbonyl (C=O) groups excluding carboxylic acids is 1. The van der Waals surface area contributed by atoms with Crippen LogP contribution in [0.5, 0.6) is 0 Å². The molecule has 1 aromatic heterocycles. The number of hydrogen-bond donors (Lipinski definition) is 2. The van der Waals surface area contributed by atoms with Gasteiger partial charge in [-0.05, 0) is 11.8 Å². The number of benzene rings is 1. The summed E-state index contributed by atoms with van der Waals surface area (Å²) in [7, 11) is 0. The highest BCUT2D eigenvalue weighted by molar-refractivity contribution is 7.98. The number of nitro benzene ring substituents is 1. The fraction of sp³-hybridized carbons (Fsp3) is 0.200. The van der Waals surface area contributed by atoms with Crippen LogP contribution in [0.15, 0.2) is 34.2 Å². The predicted octanol–water partition coefficient (Wildman–Crippen LogP) is 1.62. The van der Waals surface area contributed by atoms with E-state index in [1.807, 2.05) is 6.07 Å². The first-order chi connectivity index (χ1) is 12.0. The van der Waals surface area contributed by atoms with Gasteiger partial charge in [0.15, 0.2) is 5.16 Å². The average Bonchev–Trinajstić information content (AvgIpc) is 2.60. The summed E-state index contributed by atoms with van der Waals surface area (Å²) in [6.45, 7) is 0. The number of hydrogen-bond acceptors (Lipinski definition) is 7. The molecule has 2 aromatic rings. The molecular formula is C15H11N5O4S. The minimum Gasteiger partial charge on any atom is -0.309 e. The maximum Gasteiger partial charge on any atom is 0.269 e. The number of thioether (sulfide) groups is 1. The van der Waals surface area contributed by atoms with Gasteiger partial charge in [-0.25, -0.2) is 4.98 Å². The zero-order valence-electron chi connectivity index (χ0n) is 12.8. The number of aromatic amines is 1. The number of nitro groups is 1. The number of rotatable bonds is 3. The number of non-ortho nitro benzene ring substituents is 1. The summed E-state index contributed by atoms with van der Waals surface area (Å²) in [6.07, 6.45) is 1.72. The van der Waals surface area contributed by atoms with E-state index in [1.54, 1.807) is 6.26 Å². The smallest absolute Gasteiger partial charge is 0.269 e. The standard InChI is InChI=1S/C15H11N5O4S/c1-25-15-18-12-11(14(22)19-15)10(9(6-16)13(21)17-12)7-2-4-8(5-3-7)20(23)24/h2-5,9-10H,1H3,(H2,17,18,19,21,22). The molecule has 0 radical (unpaired) electrons. The lowest BCUT2D eigenvalue weighted by atomic mass is 9.79. The van der Waals surface area contributed by atoms with Crippen molar-refractivity contribution in [3.8, 4) is 6.07 Å². The predicted molar refractivity (Wildman–Crippen MR) is 89.3 cm³/mol. The number of nitrogens with zero attached hydrogens (tertiary/aromatic N) is 3. The van der Waals surface area contributed by atoms with E-state index in [2.05, 4.69) is 15.3 Å². The van der Waals surface area contributed by atoms with Crippen molar-refractivity contribution in [2.75, 3.05) is 11.6 Å². The molecule has 25 heavy (non-hydrogen) atoms. The van der Waals surface area contributed by atoms with E-state index in [1.165, 1.54) is 36.0 Å². The van der Waals surface area contributed by atoms with Crippen molar-refractivity contribution in [2.45, 2.75) is 11.1 Å². The fourth-order valence-corrected chi connectivity index (χ4v) is 3.13. The molecule has 2 N–H and O–H groups in total. The third-order valence-electron chi connectivity index (χ3n) is 3.90. The van der Waals surface area contributed by atoms with Crippen molar-refractivity contribution in [1.29, 1.82) is 5.26 Å². The van der Waals surface area contributed by atoms with E-state index in [0.29, 0.717) is 10.7 Å². The Kier molecular flexibility index (Phi) is 4.24. The quantitative estimate of drug-likeness (QED) is 0.368. The first kappa shape index (κ1) is 16.7. The number of anilines is 1. The summed E-state index contributed by atoms with van der Waals surface area (Å²) in [5, 5.41) is 23.0. The summed E-state index contributed by atoms with van der Waals surface area (Å²) in [5.74, 6) is -2.46. The van der Waals surface area contributed by atoms with Crippen LogP contribution in [0.3, 0.4) is 0 Å². The van der Waals surface area contributed by atoms with E-state index in [9.17, 15) is 25.0 Å². The summed E-state index contributed by atoms with van der Waals surface area (Å²) in [5.41, 5.74) is 0.0377. The van der Waals surface area contributed by atoms with Gasteiger partial charge >= 0.3 is 0 Å². The molecule has 0 saturated carbocycles. The maximum absolute atomic E-state index is 12.5. The van der Waals surface area contributed by atoms with Gasteiger partial charge in [-0.1, -0.05) is 23.9 Å². The second kappa shape index (κ2) is 6.37. The Hall–Kier alpha value is -3.19.